The Kier molecular flexibility index (Phi) is 7.41. The van der Waals surface area contributed by atoms with Crippen LogP contribution in [0.25, 0.3) is 0 Å². The molecular formula is C26H29N3O4S. The van der Waals surface area contributed by atoms with Gasteiger partial charge in [0.1, 0.15) is 0 Å². The first kappa shape index (κ1) is 25.0. The number of sulfonamides is 1. The van der Waals surface area contributed by atoms with Gasteiger partial charge in [0.05, 0.1) is 11.4 Å². The highest BCUT2D eigenvalue weighted by Crippen LogP contribution is 2.22. The highest BCUT2D eigenvalue weighted by Gasteiger charge is 2.19. The third-order valence-electron chi connectivity index (χ3n) is 5.39. The molecule has 0 saturated carbocycles. The summed E-state index contributed by atoms with van der Waals surface area (Å²) in [5.74, 6) is -0.899. The smallest absolute Gasteiger partial charge is 0.261 e. The van der Waals surface area contributed by atoms with Crippen molar-refractivity contribution in [3.63, 3.8) is 0 Å². The predicted octanol–water partition coefficient (Wildman–Crippen LogP) is 4.40. The number of nitrogens with one attached hydrogen (secondary N) is 3. The van der Waals surface area contributed by atoms with Crippen LogP contribution < -0.4 is 15.4 Å². The van der Waals surface area contributed by atoms with Crippen LogP contribution in [0.1, 0.15) is 38.2 Å². The number of carbonyl (C=O) groups is 2. The van der Waals surface area contributed by atoms with E-state index in [1.54, 1.807) is 31.2 Å². The minimum Gasteiger partial charge on any atom is -0.343 e. The average Bonchev–Trinajstić information content (AvgIpc) is 2.74. The molecule has 3 aromatic carbocycles. The molecule has 0 spiro atoms. The van der Waals surface area contributed by atoms with Crippen molar-refractivity contribution in [2.75, 3.05) is 16.6 Å². The minimum atomic E-state index is -3.90. The van der Waals surface area contributed by atoms with Crippen LogP contribution in [0.2, 0.25) is 0 Å². The number of rotatable bonds is 7. The molecular weight excluding hydrogens is 450 g/mol. The molecule has 0 aliphatic rings. The largest absolute Gasteiger partial charge is 0.343 e. The molecule has 8 heteroatoms. The van der Waals surface area contributed by atoms with Crippen molar-refractivity contribution in [2.45, 2.75) is 39.5 Å². The zero-order valence-electron chi connectivity index (χ0n) is 19.9. The number of benzene rings is 3. The zero-order chi connectivity index (χ0) is 25.0. The van der Waals surface area contributed by atoms with E-state index in [0.717, 1.165) is 27.9 Å². The standard InChI is InChI=1S/C26H29N3O4S/c1-16-7-6-8-21(13-16)29-34(32,33)22-10-9-18(3)23(14-22)26(31)27-15-24(30)28-25-19(4)11-17(2)12-20(25)5/h6-14,29H,15H2,1-5H3,(H,27,31)(H,28,30). The van der Waals surface area contributed by atoms with Gasteiger partial charge in [-0.2, -0.15) is 0 Å². The lowest BCUT2D eigenvalue weighted by Crippen LogP contribution is -2.33. The fraction of sp³-hybridized carbons (Fsp3) is 0.231. The minimum absolute atomic E-state index is 0.0416. The number of hydrogen-bond acceptors (Lipinski definition) is 4. The van der Waals surface area contributed by atoms with E-state index in [1.807, 2.05) is 45.9 Å². The van der Waals surface area contributed by atoms with E-state index in [1.165, 1.54) is 12.1 Å². The molecule has 0 heterocycles. The average molecular weight is 480 g/mol. The molecule has 2 amide bonds. The van der Waals surface area contributed by atoms with Crippen LogP contribution in [-0.4, -0.2) is 26.8 Å². The first-order valence-corrected chi connectivity index (χ1v) is 12.3. The zero-order valence-corrected chi connectivity index (χ0v) is 20.8. The van der Waals surface area contributed by atoms with Crippen molar-refractivity contribution in [3.05, 3.63) is 88.0 Å². The summed E-state index contributed by atoms with van der Waals surface area (Å²) in [6.07, 6.45) is 0. The second kappa shape index (κ2) is 10.1. The molecule has 3 N–H and O–H groups in total. The summed E-state index contributed by atoms with van der Waals surface area (Å²) < 4.78 is 28.2. The highest BCUT2D eigenvalue weighted by atomic mass is 32.2. The third kappa shape index (κ3) is 6.02. The molecule has 0 saturated heterocycles. The van der Waals surface area contributed by atoms with Crippen molar-refractivity contribution in [2.24, 2.45) is 0 Å². The normalized spacial score (nSPS) is 11.1. The van der Waals surface area contributed by atoms with E-state index < -0.39 is 15.9 Å². The molecule has 34 heavy (non-hydrogen) atoms. The number of aryl methyl sites for hydroxylation is 5. The first-order chi connectivity index (χ1) is 16.0. The Morgan fingerprint density at radius 2 is 1.47 bits per heavy atom. The summed E-state index contributed by atoms with van der Waals surface area (Å²) in [5.41, 5.74) is 5.82. The Morgan fingerprint density at radius 1 is 0.794 bits per heavy atom. The second-order valence-electron chi connectivity index (χ2n) is 8.46. The molecule has 7 nitrogen and oxygen atoms in total. The van der Waals surface area contributed by atoms with Gasteiger partial charge in [-0.05, 0) is 81.1 Å². The SMILES string of the molecule is Cc1cccc(NS(=O)(=O)c2ccc(C)c(C(=O)NCC(=O)Nc3c(C)cc(C)cc3C)c2)c1. The Balaban J connectivity index is 1.72. The molecule has 3 aromatic rings. The van der Waals surface area contributed by atoms with E-state index >= 15 is 0 Å². The summed E-state index contributed by atoms with van der Waals surface area (Å²) in [6, 6.07) is 15.3. The van der Waals surface area contributed by atoms with Gasteiger partial charge >= 0.3 is 0 Å². The van der Waals surface area contributed by atoms with E-state index in [0.29, 0.717) is 11.3 Å². The van der Waals surface area contributed by atoms with Crippen molar-refractivity contribution in [3.8, 4) is 0 Å². The van der Waals surface area contributed by atoms with Crippen LogP contribution in [-0.2, 0) is 14.8 Å². The van der Waals surface area contributed by atoms with Crippen molar-refractivity contribution >= 4 is 33.2 Å². The number of amides is 2. The lowest BCUT2D eigenvalue weighted by atomic mass is 10.1. The Hall–Kier alpha value is -3.65. The van der Waals surface area contributed by atoms with E-state index in [4.69, 9.17) is 0 Å². The molecule has 0 fully saturated rings. The Morgan fingerprint density at radius 3 is 2.12 bits per heavy atom. The van der Waals surface area contributed by atoms with Crippen LogP contribution in [0.3, 0.4) is 0 Å². The quantitative estimate of drug-likeness (QED) is 0.467. The number of hydrogen-bond donors (Lipinski definition) is 3. The molecule has 178 valence electrons. The van der Waals surface area contributed by atoms with Crippen LogP contribution >= 0.6 is 0 Å². The van der Waals surface area contributed by atoms with Gasteiger partial charge in [-0.3, -0.25) is 14.3 Å². The summed E-state index contributed by atoms with van der Waals surface area (Å²) in [6.45, 7) is 9.13. The molecule has 0 aromatic heterocycles. The van der Waals surface area contributed by atoms with Crippen LogP contribution in [0.15, 0.2) is 59.5 Å². The predicted molar refractivity (Wildman–Crippen MR) is 135 cm³/mol. The molecule has 3 rings (SSSR count). The maximum Gasteiger partial charge on any atom is 0.261 e. The Labute approximate surface area is 200 Å². The van der Waals surface area contributed by atoms with E-state index in [2.05, 4.69) is 15.4 Å². The molecule has 0 aliphatic carbocycles. The van der Waals surface area contributed by atoms with Gasteiger partial charge in [-0.1, -0.05) is 35.9 Å². The summed E-state index contributed by atoms with van der Waals surface area (Å²) in [4.78, 5) is 25.2. The summed E-state index contributed by atoms with van der Waals surface area (Å²) >= 11 is 0. The van der Waals surface area contributed by atoms with Crippen molar-refractivity contribution in [1.29, 1.82) is 0 Å². The molecule has 0 aliphatic heterocycles. The van der Waals surface area contributed by atoms with Crippen molar-refractivity contribution in [1.82, 2.24) is 5.32 Å². The van der Waals surface area contributed by atoms with Crippen molar-refractivity contribution < 1.29 is 18.0 Å². The maximum atomic E-state index is 12.8. The fourth-order valence-corrected chi connectivity index (χ4v) is 4.83. The molecule has 0 unspecified atom stereocenters. The second-order valence-corrected chi connectivity index (χ2v) is 10.1. The maximum absolute atomic E-state index is 12.8. The van der Waals surface area contributed by atoms with Crippen LogP contribution in [0, 0.1) is 34.6 Å². The van der Waals surface area contributed by atoms with E-state index in [-0.39, 0.29) is 22.9 Å². The number of carbonyl (C=O) groups excluding carboxylic acids is 2. The van der Waals surface area contributed by atoms with Gasteiger partial charge in [0, 0.05) is 16.9 Å². The van der Waals surface area contributed by atoms with E-state index in [9.17, 15) is 18.0 Å². The highest BCUT2D eigenvalue weighted by molar-refractivity contribution is 7.92. The van der Waals surface area contributed by atoms with Gasteiger partial charge in [0.2, 0.25) is 5.91 Å². The van der Waals surface area contributed by atoms with Crippen LogP contribution in [0.5, 0.6) is 0 Å². The monoisotopic (exact) mass is 479 g/mol. The van der Waals surface area contributed by atoms with Gasteiger partial charge in [-0.15, -0.1) is 0 Å². The molecule has 0 bridgehead atoms. The Bertz CT molecular complexity index is 1340. The first-order valence-electron chi connectivity index (χ1n) is 10.8. The lowest BCUT2D eigenvalue weighted by molar-refractivity contribution is -0.115. The summed E-state index contributed by atoms with van der Waals surface area (Å²) in [5, 5.41) is 5.41. The number of anilines is 2. The van der Waals surface area contributed by atoms with Gasteiger partial charge in [-0.25, -0.2) is 8.42 Å². The molecule has 0 radical (unpaired) electrons. The van der Waals surface area contributed by atoms with Gasteiger partial charge < -0.3 is 10.6 Å². The van der Waals surface area contributed by atoms with Gasteiger partial charge in [0.15, 0.2) is 0 Å². The lowest BCUT2D eigenvalue weighted by Gasteiger charge is -2.14. The van der Waals surface area contributed by atoms with Crippen LogP contribution in [0.4, 0.5) is 11.4 Å². The summed E-state index contributed by atoms with van der Waals surface area (Å²) in [7, 11) is -3.90. The molecule has 0 atom stereocenters. The van der Waals surface area contributed by atoms with Gasteiger partial charge in [0.25, 0.3) is 15.9 Å². The fourth-order valence-electron chi connectivity index (χ4n) is 3.75. The third-order valence-corrected chi connectivity index (χ3v) is 6.76. The topological polar surface area (TPSA) is 104 Å².